The van der Waals surface area contributed by atoms with Crippen molar-refractivity contribution in [3.8, 4) is 0 Å². The van der Waals surface area contributed by atoms with Crippen LogP contribution in [-0.2, 0) is 11.3 Å². The van der Waals surface area contributed by atoms with E-state index in [0.29, 0.717) is 12.0 Å². The number of benzene rings is 1. The van der Waals surface area contributed by atoms with Gasteiger partial charge in [-0.25, -0.2) is 0 Å². The topological polar surface area (TPSA) is 58.4 Å². The molecule has 1 aliphatic heterocycles. The maximum atomic E-state index is 11.4. The number of carbonyl (C=O) groups excluding carboxylic acids is 1. The van der Waals surface area contributed by atoms with Crippen LogP contribution in [0.4, 0.5) is 5.69 Å². The maximum Gasteiger partial charge on any atom is 0.221 e. The second-order valence-electron chi connectivity index (χ2n) is 6.81. The first-order chi connectivity index (χ1) is 10.5. The quantitative estimate of drug-likeness (QED) is 0.849. The van der Waals surface area contributed by atoms with Gasteiger partial charge in [0.2, 0.25) is 5.91 Å². The maximum absolute atomic E-state index is 11.4. The summed E-state index contributed by atoms with van der Waals surface area (Å²) in [5, 5.41) is 3.62. The molecule has 122 valence electrons. The number of para-hydroxylation sites is 1. The standard InChI is InChI=1S/C18H29N3O/c1-13(2)14(3)20-17-9-5-4-7-15(17)11-21-10-6-8-16(12-21)18(19)22/h4-5,7,9,13-14,16,20H,6,8,10-12H2,1-3H3,(H2,19,22)/t14-,16-/m1/s1. The molecule has 4 heteroatoms. The first-order valence-corrected chi connectivity index (χ1v) is 8.33. The Morgan fingerprint density at radius 1 is 1.36 bits per heavy atom. The number of primary amides is 1. The highest BCUT2D eigenvalue weighted by molar-refractivity contribution is 5.76. The Balaban J connectivity index is 2.04. The van der Waals surface area contributed by atoms with Crippen molar-refractivity contribution >= 4 is 11.6 Å². The molecule has 4 nitrogen and oxygen atoms in total. The number of hydrogen-bond acceptors (Lipinski definition) is 3. The number of amides is 1. The van der Waals surface area contributed by atoms with E-state index in [1.165, 1.54) is 11.3 Å². The summed E-state index contributed by atoms with van der Waals surface area (Å²) in [6, 6.07) is 8.89. The molecule has 1 fully saturated rings. The molecular formula is C18H29N3O. The molecule has 1 heterocycles. The zero-order valence-corrected chi connectivity index (χ0v) is 14.0. The molecule has 0 aromatic heterocycles. The summed E-state index contributed by atoms with van der Waals surface area (Å²) in [5.41, 5.74) is 7.96. The number of piperidine rings is 1. The highest BCUT2D eigenvalue weighted by atomic mass is 16.1. The van der Waals surface area contributed by atoms with Crippen LogP contribution in [0.15, 0.2) is 24.3 Å². The summed E-state index contributed by atoms with van der Waals surface area (Å²) in [4.78, 5) is 13.8. The lowest BCUT2D eigenvalue weighted by Gasteiger charge is -2.32. The third kappa shape index (κ3) is 4.47. The average Bonchev–Trinajstić information content (AvgIpc) is 2.49. The molecule has 0 spiro atoms. The molecule has 0 unspecified atom stereocenters. The Kier molecular flexibility index (Phi) is 5.83. The number of nitrogens with one attached hydrogen (secondary N) is 1. The molecular weight excluding hydrogens is 274 g/mol. The SMILES string of the molecule is CC(C)[C@@H](C)Nc1ccccc1CN1CCC[C@@H](C(N)=O)C1. The number of nitrogens with zero attached hydrogens (tertiary/aromatic N) is 1. The minimum Gasteiger partial charge on any atom is -0.382 e. The van der Waals surface area contributed by atoms with Crippen LogP contribution in [0.2, 0.25) is 0 Å². The second kappa shape index (κ2) is 7.63. The van der Waals surface area contributed by atoms with Crippen LogP contribution >= 0.6 is 0 Å². The molecule has 0 bridgehead atoms. The van der Waals surface area contributed by atoms with E-state index in [2.05, 4.69) is 55.3 Å². The summed E-state index contributed by atoms with van der Waals surface area (Å²) in [6.45, 7) is 9.36. The van der Waals surface area contributed by atoms with Crippen LogP contribution in [0.5, 0.6) is 0 Å². The van der Waals surface area contributed by atoms with Gasteiger partial charge in [-0.1, -0.05) is 32.0 Å². The van der Waals surface area contributed by atoms with E-state index in [9.17, 15) is 4.79 Å². The van der Waals surface area contributed by atoms with Crippen LogP contribution in [0.25, 0.3) is 0 Å². The van der Waals surface area contributed by atoms with Crippen molar-refractivity contribution in [2.45, 2.75) is 46.2 Å². The van der Waals surface area contributed by atoms with Crippen molar-refractivity contribution in [3.63, 3.8) is 0 Å². The zero-order valence-electron chi connectivity index (χ0n) is 14.0. The summed E-state index contributed by atoms with van der Waals surface area (Å²) in [5.74, 6) is 0.426. The van der Waals surface area contributed by atoms with Crippen molar-refractivity contribution in [3.05, 3.63) is 29.8 Å². The third-order valence-electron chi connectivity index (χ3n) is 4.70. The highest BCUT2D eigenvalue weighted by Crippen LogP contribution is 2.23. The van der Waals surface area contributed by atoms with E-state index >= 15 is 0 Å². The number of anilines is 1. The Labute approximate surface area is 134 Å². The fourth-order valence-corrected chi connectivity index (χ4v) is 2.88. The number of carbonyl (C=O) groups is 1. The summed E-state index contributed by atoms with van der Waals surface area (Å²) >= 11 is 0. The minimum absolute atomic E-state index is 0.00320. The van der Waals surface area contributed by atoms with Crippen LogP contribution in [0, 0.1) is 11.8 Å². The van der Waals surface area contributed by atoms with Gasteiger partial charge in [0, 0.05) is 24.8 Å². The predicted molar refractivity (Wildman–Crippen MR) is 91.6 cm³/mol. The van der Waals surface area contributed by atoms with Gasteiger partial charge in [-0.3, -0.25) is 9.69 Å². The summed E-state index contributed by atoms with van der Waals surface area (Å²) in [6.07, 6.45) is 1.97. The van der Waals surface area contributed by atoms with Crippen molar-refractivity contribution in [2.24, 2.45) is 17.6 Å². The highest BCUT2D eigenvalue weighted by Gasteiger charge is 2.24. The zero-order chi connectivity index (χ0) is 16.1. The van der Waals surface area contributed by atoms with Gasteiger partial charge in [-0.05, 0) is 43.9 Å². The number of nitrogens with two attached hydrogens (primary N) is 1. The Morgan fingerprint density at radius 3 is 2.77 bits per heavy atom. The van der Waals surface area contributed by atoms with E-state index < -0.39 is 0 Å². The van der Waals surface area contributed by atoms with Crippen LogP contribution in [0.1, 0.15) is 39.2 Å². The van der Waals surface area contributed by atoms with E-state index in [1.54, 1.807) is 0 Å². The van der Waals surface area contributed by atoms with Crippen molar-refractivity contribution < 1.29 is 4.79 Å². The molecule has 1 amide bonds. The fraction of sp³-hybridized carbons (Fsp3) is 0.611. The molecule has 1 saturated heterocycles. The Hall–Kier alpha value is -1.55. The molecule has 2 rings (SSSR count). The minimum atomic E-state index is -0.162. The summed E-state index contributed by atoms with van der Waals surface area (Å²) in [7, 11) is 0. The van der Waals surface area contributed by atoms with Gasteiger partial charge >= 0.3 is 0 Å². The Bertz CT molecular complexity index is 501. The Morgan fingerprint density at radius 2 is 2.09 bits per heavy atom. The molecule has 0 radical (unpaired) electrons. The normalized spacial score (nSPS) is 20.8. The molecule has 1 aliphatic rings. The van der Waals surface area contributed by atoms with Crippen molar-refractivity contribution in [1.82, 2.24) is 4.90 Å². The molecule has 22 heavy (non-hydrogen) atoms. The van der Waals surface area contributed by atoms with E-state index in [0.717, 1.165) is 32.5 Å². The van der Waals surface area contributed by atoms with Gasteiger partial charge in [0.05, 0.1) is 5.92 Å². The number of rotatable bonds is 6. The van der Waals surface area contributed by atoms with Crippen LogP contribution in [-0.4, -0.2) is 29.9 Å². The lowest BCUT2D eigenvalue weighted by atomic mass is 9.97. The lowest BCUT2D eigenvalue weighted by Crippen LogP contribution is -2.40. The number of hydrogen-bond donors (Lipinski definition) is 2. The van der Waals surface area contributed by atoms with Crippen LogP contribution in [0.3, 0.4) is 0 Å². The molecule has 2 atom stereocenters. The van der Waals surface area contributed by atoms with Gasteiger partial charge in [0.25, 0.3) is 0 Å². The molecule has 0 aliphatic carbocycles. The molecule has 0 saturated carbocycles. The van der Waals surface area contributed by atoms with Gasteiger partial charge in [0.15, 0.2) is 0 Å². The largest absolute Gasteiger partial charge is 0.382 e. The molecule has 1 aromatic rings. The predicted octanol–water partition coefficient (Wildman–Crippen LogP) is 2.84. The lowest BCUT2D eigenvalue weighted by molar-refractivity contribution is -0.123. The van der Waals surface area contributed by atoms with E-state index in [-0.39, 0.29) is 11.8 Å². The first kappa shape index (κ1) is 16.8. The van der Waals surface area contributed by atoms with Gasteiger partial charge in [-0.2, -0.15) is 0 Å². The van der Waals surface area contributed by atoms with Gasteiger partial charge in [0.1, 0.15) is 0 Å². The van der Waals surface area contributed by atoms with Gasteiger partial charge in [-0.15, -0.1) is 0 Å². The van der Waals surface area contributed by atoms with Crippen LogP contribution < -0.4 is 11.1 Å². The number of likely N-dealkylation sites (tertiary alicyclic amines) is 1. The smallest absolute Gasteiger partial charge is 0.221 e. The fourth-order valence-electron chi connectivity index (χ4n) is 2.88. The third-order valence-corrected chi connectivity index (χ3v) is 4.70. The van der Waals surface area contributed by atoms with E-state index in [1.807, 2.05) is 0 Å². The van der Waals surface area contributed by atoms with Gasteiger partial charge < -0.3 is 11.1 Å². The molecule has 1 aromatic carbocycles. The van der Waals surface area contributed by atoms with E-state index in [4.69, 9.17) is 5.73 Å². The second-order valence-corrected chi connectivity index (χ2v) is 6.81. The summed E-state index contributed by atoms with van der Waals surface area (Å²) < 4.78 is 0. The monoisotopic (exact) mass is 303 g/mol. The average molecular weight is 303 g/mol. The first-order valence-electron chi connectivity index (χ1n) is 8.33. The van der Waals surface area contributed by atoms with Crippen molar-refractivity contribution in [1.29, 1.82) is 0 Å². The van der Waals surface area contributed by atoms with Crippen molar-refractivity contribution in [2.75, 3.05) is 18.4 Å². The molecule has 3 N–H and O–H groups in total.